The molecule has 0 amide bonds. The van der Waals surface area contributed by atoms with E-state index >= 15 is 0 Å². The molecule has 106 valence electrons. The number of nitrogens with one attached hydrogen (secondary N) is 3. The monoisotopic (exact) mass is 304 g/mol. The largest absolute Gasteiger partial charge is 0.494 e. The van der Waals surface area contributed by atoms with Crippen LogP contribution in [0.1, 0.15) is 0 Å². The van der Waals surface area contributed by atoms with Crippen LogP contribution in [0, 0.1) is 5.53 Å². The number of hydrogen-bond acceptors (Lipinski definition) is 7. The lowest BCUT2D eigenvalue weighted by atomic mass is 10.2. The minimum Gasteiger partial charge on any atom is -0.494 e. The number of aromatic nitrogens is 3. The Morgan fingerprint density at radius 1 is 1.24 bits per heavy atom. The number of halogens is 1. The Hall–Kier alpha value is -2.87. The third kappa shape index (κ3) is 2.32. The fourth-order valence-corrected chi connectivity index (χ4v) is 2.05. The van der Waals surface area contributed by atoms with Crippen molar-refractivity contribution in [3.8, 4) is 11.8 Å². The van der Waals surface area contributed by atoms with Crippen molar-refractivity contribution < 1.29 is 10.2 Å². The van der Waals surface area contributed by atoms with Crippen molar-refractivity contribution in [3.05, 3.63) is 29.4 Å². The third-order valence-corrected chi connectivity index (χ3v) is 3.14. The van der Waals surface area contributed by atoms with Crippen molar-refractivity contribution in [2.24, 2.45) is 5.11 Å². The Labute approximate surface area is 122 Å². The van der Waals surface area contributed by atoms with E-state index in [0.29, 0.717) is 16.5 Å². The first-order valence-corrected chi connectivity index (χ1v) is 6.17. The zero-order chi connectivity index (χ0) is 15.0. The van der Waals surface area contributed by atoms with Gasteiger partial charge in [-0.15, -0.1) is 5.11 Å². The van der Waals surface area contributed by atoms with Gasteiger partial charge in [-0.25, -0.2) is 10.5 Å². The number of H-pyrrole nitrogens is 1. The average Bonchev–Trinajstić information content (AvgIpc) is 2.76. The molecule has 3 aromatic rings. The van der Waals surface area contributed by atoms with Crippen LogP contribution in [0.5, 0.6) is 11.8 Å². The average molecular weight is 305 g/mol. The van der Waals surface area contributed by atoms with E-state index in [4.69, 9.17) is 17.1 Å². The maximum Gasteiger partial charge on any atom is 0.270 e. The van der Waals surface area contributed by atoms with E-state index in [0.717, 1.165) is 0 Å². The molecule has 0 atom stereocenters. The van der Waals surface area contributed by atoms with Gasteiger partial charge in [0.25, 0.3) is 5.95 Å². The van der Waals surface area contributed by atoms with Gasteiger partial charge in [-0.2, -0.15) is 4.98 Å². The Balaban J connectivity index is 2.02. The van der Waals surface area contributed by atoms with Gasteiger partial charge < -0.3 is 15.5 Å². The number of aromatic hydroxyl groups is 2. The Bertz CT molecular complexity index is 847. The topological polar surface area (TPSA) is 130 Å². The molecule has 0 aliphatic heterocycles. The number of hydrogen-bond donors (Lipinski definition) is 5. The molecule has 2 aromatic heterocycles. The summed E-state index contributed by atoms with van der Waals surface area (Å²) in [6.45, 7) is 0. The standard InChI is InChI=1S/C12H9ClN6O2/c13-8-4-15-12(19-14)17-9(8)16-5-1-2-6-7(3-5)11(21)18-10(6)20/h1-4,14,18,20-21H,(H,15,16,17). The molecule has 0 fully saturated rings. The van der Waals surface area contributed by atoms with Crippen molar-refractivity contribution in [3.63, 3.8) is 0 Å². The van der Waals surface area contributed by atoms with Gasteiger partial charge in [-0.1, -0.05) is 11.6 Å². The van der Waals surface area contributed by atoms with Crippen LogP contribution in [0.15, 0.2) is 29.5 Å². The summed E-state index contributed by atoms with van der Waals surface area (Å²) in [5, 5.41) is 26.5. The maximum atomic E-state index is 9.68. The first kappa shape index (κ1) is 13.1. The van der Waals surface area contributed by atoms with Crippen LogP contribution in [0.2, 0.25) is 5.02 Å². The highest BCUT2D eigenvalue weighted by Gasteiger charge is 2.11. The van der Waals surface area contributed by atoms with Gasteiger partial charge in [0.15, 0.2) is 17.6 Å². The number of nitrogens with zero attached hydrogens (tertiary/aromatic N) is 3. The van der Waals surface area contributed by atoms with Crippen molar-refractivity contribution in [2.45, 2.75) is 0 Å². The fraction of sp³-hybridized carbons (Fsp3) is 0. The van der Waals surface area contributed by atoms with Crippen molar-refractivity contribution >= 4 is 39.8 Å². The van der Waals surface area contributed by atoms with Crippen LogP contribution >= 0.6 is 11.6 Å². The van der Waals surface area contributed by atoms with E-state index in [1.807, 2.05) is 0 Å². The summed E-state index contributed by atoms with van der Waals surface area (Å²) in [7, 11) is 0. The summed E-state index contributed by atoms with van der Waals surface area (Å²) in [6.07, 6.45) is 1.34. The van der Waals surface area contributed by atoms with Crippen LogP contribution < -0.4 is 5.32 Å². The molecule has 0 saturated carbocycles. The molecule has 5 N–H and O–H groups in total. The van der Waals surface area contributed by atoms with Gasteiger partial charge in [0.05, 0.1) is 6.20 Å². The van der Waals surface area contributed by atoms with Gasteiger partial charge >= 0.3 is 0 Å². The summed E-state index contributed by atoms with van der Waals surface area (Å²) in [6, 6.07) is 4.94. The lowest BCUT2D eigenvalue weighted by Gasteiger charge is -2.07. The molecule has 0 aliphatic rings. The summed E-state index contributed by atoms with van der Waals surface area (Å²) < 4.78 is 0. The van der Waals surface area contributed by atoms with Crippen LogP contribution in [0.25, 0.3) is 10.8 Å². The first-order chi connectivity index (χ1) is 10.1. The van der Waals surface area contributed by atoms with Crippen LogP contribution in [-0.2, 0) is 0 Å². The van der Waals surface area contributed by atoms with Gasteiger partial charge in [0.2, 0.25) is 0 Å². The quantitative estimate of drug-likeness (QED) is 0.473. The lowest BCUT2D eigenvalue weighted by Crippen LogP contribution is -1.95. The predicted octanol–water partition coefficient (Wildman–Crippen LogP) is 3.43. The molecule has 8 nitrogen and oxygen atoms in total. The second kappa shape index (κ2) is 4.91. The molecule has 0 bridgehead atoms. The van der Waals surface area contributed by atoms with E-state index in [1.165, 1.54) is 6.20 Å². The smallest absolute Gasteiger partial charge is 0.270 e. The highest BCUT2D eigenvalue weighted by Crippen LogP contribution is 2.34. The minimum atomic E-state index is -0.137. The predicted molar refractivity (Wildman–Crippen MR) is 76.8 cm³/mol. The second-order valence-corrected chi connectivity index (χ2v) is 4.59. The number of aromatic amines is 1. The molecule has 9 heteroatoms. The SMILES string of the molecule is N=Nc1ncc(Cl)c(Nc2ccc3c(O)[nH]c(O)c3c2)n1. The normalized spacial score (nSPS) is 10.7. The number of fused-ring (bicyclic) bond motifs is 1. The first-order valence-electron chi connectivity index (χ1n) is 5.79. The van der Waals surface area contributed by atoms with E-state index in [2.05, 4.69) is 25.4 Å². The molecule has 0 spiro atoms. The highest BCUT2D eigenvalue weighted by atomic mass is 35.5. The summed E-state index contributed by atoms with van der Waals surface area (Å²) in [5.74, 6) is 0.0209. The van der Waals surface area contributed by atoms with Crippen molar-refractivity contribution in [1.29, 1.82) is 5.53 Å². The summed E-state index contributed by atoms with van der Waals surface area (Å²) in [5.41, 5.74) is 7.48. The number of benzene rings is 1. The van der Waals surface area contributed by atoms with E-state index < -0.39 is 0 Å². The minimum absolute atomic E-state index is 0.0230. The molecule has 0 saturated heterocycles. The number of anilines is 2. The van der Waals surface area contributed by atoms with Crippen LogP contribution in [0.3, 0.4) is 0 Å². The molecule has 0 unspecified atom stereocenters. The van der Waals surface area contributed by atoms with E-state index in [9.17, 15) is 10.2 Å². The van der Waals surface area contributed by atoms with Crippen LogP contribution in [-0.4, -0.2) is 25.2 Å². The van der Waals surface area contributed by atoms with Gasteiger partial charge in [-0.3, -0.25) is 4.98 Å². The fourth-order valence-electron chi connectivity index (χ4n) is 1.91. The van der Waals surface area contributed by atoms with Gasteiger partial charge in [-0.05, 0) is 18.2 Å². The third-order valence-electron chi connectivity index (χ3n) is 2.86. The zero-order valence-corrected chi connectivity index (χ0v) is 11.2. The summed E-state index contributed by atoms with van der Waals surface area (Å²) in [4.78, 5) is 10.1. The molecule has 0 aliphatic carbocycles. The molecular weight excluding hydrogens is 296 g/mol. The van der Waals surface area contributed by atoms with Gasteiger partial charge in [0.1, 0.15) is 5.02 Å². The highest BCUT2D eigenvalue weighted by molar-refractivity contribution is 6.32. The molecular formula is C12H9ClN6O2. The van der Waals surface area contributed by atoms with Gasteiger partial charge in [0, 0.05) is 16.5 Å². The lowest BCUT2D eigenvalue weighted by molar-refractivity contribution is 0.429. The molecule has 0 radical (unpaired) electrons. The zero-order valence-electron chi connectivity index (χ0n) is 10.4. The Kier molecular flexibility index (Phi) is 3.07. The number of rotatable bonds is 3. The summed E-state index contributed by atoms with van der Waals surface area (Å²) >= 11 is 5.97. The molecule has 3 rings (SSSR count). The van der Waals surface area contributed by atoms with E-state index in [-0.39, 0.29) is 28.5 Å². The molecule has 21 heavy (non-hydrogen) atoms. The Morgan fingerprint density at radius 2 is 2.00 bits per heavy atom. The van der Waals surface area contributed by atoms with E-state index in [1.54, 1.807) is 18.2 Å². The van der Waals surface area contributed by atoms with Crippen molar-refractivity contribution in [1.82, 2.24) is 15.0 Å². The Morgan fingerprint density at radius 3 is 2.76 bits per heavy atom. The molecule has 2 heterocycles. The molecule has 1 aromatic carbocycles. The maximum absolute atomic E-state index is 9.68. The van der Waals surface area contributed by atoms with Crippen molar-refractivity contribution in [2.75, 3.05) is 5.32 Å². The second-order valence-electron chi connectivity index (χ2n) is 4.19. The van der Waals surface area contributed by atoms with Crippen LogP contribution in [0.4, 0.5) is 17.5 Å².